The molecule has 1 amide bonds. The number of hydrogen-bond acceptors (Lipinski definition) is 4. The van der Waals surface area contributed by atoms with Crippen LogP contribution in [-0.4, -0.2) is 73.0 Å². The van der Waals surface area contributed by atoms with Gasteiger partial charge in [0.1, 0.15) is 0 Å². The second-order valence-electron chi connectivity index (χ2n) is 9.29. The van der Waals surface area contributed by atoms with Crippen molar-refractivity contribution in [2.45, 2.75) is 38.1 Å². The number of amides is 1. The van der Waals surface area contributed by atoms with E-state index in [4.69, 9.17) is 9.47 Å². The molecule has 2 fully saturated rings. The third-order valence-corrected chi connectivity index (χ3v) is 7.68. The molecule has 0 spiro atoms. The number of aromatic nitrogens is 1. The fraction of sp³-hybridized carbons (Fsp3) is 0.625. The van der Waals surface area contributed by atoms with Gasteiger partial charge in [-0.3, -0.25) is 0 Å². The van der Waals surface area contributed by atoms with Gasteiger partial charge in [-0.25, -0.2) is 4.79 Å². The number of rotatable bonds is 3. The summed E-state index contributed by atoms with van der Waals surface area (Å²) in [4.78, 5) is 16.6. The van der Waals surface area contributed by atoms with E-state index in [2.05, 4.69) is 48.7 Å². The summed E-state index contributed by atoms with van der Waals surface area (Å²) >= 11 is 0. The first kappa shape index (κ1) is 19.9. The number of likely N-dealkylation sites (tertiary alicyclic amines) is 1. The van der Waals surface area contributed by atoms with Crippen LogP contribution in [0, 0.1) is 12.8 Å². The van der Waals surface area contributed by atoms with Crippen molar-refractivity contribution < 1.29 is 14.3 Å². The molecular formula is C24H33N3O3. The van der Waals surface area contributed by atoms with Crippen molar-refractivity contribution in [3.63, 3.8) is 0 Å². The molecule has 0 radical (unpaired) electrons. The lowest BCUT2D eigenvalue weighted by atomic mass is 9.71. The van der Waals surface area contributed by atoms with Crippen LogP contribution in [0.4, 0.5) is 4.79 Å². The number of likely N-dealkylation sites (N-methyl/N-ethyl adjacent to an activating group) is 1. The van der Waals surface area contributed by atoms with Gasteiger partial charge < -0.3 is 23.8 Å². The number of benzene rings is 1. The van der Waals surface area contributed by atoms with Crippen molar-refractivity contribution in [2.75, 3.05) is 46.5 Å². The van der Waals surface area contributed by atoms with Crippen LogP contribution in [0.3, 0.4) is 0 Å². The summed E-state index contributed by atoms with van der Waals surface area (Å²) in [5.41, 5.74) is 5.82. The van der Waals surface area contributed by atoms with Gasteiger partial charge in [-0.2, -0.15) is 0 Å². The molecule has 1 unspecified atom stereocenters. The molecule has 3 aliphatic rings. The van der Waals surface area contributed by atoms with Gasteiger partial charge in [-0.15, -0.1) is 0 Å². The number of aryl methyl sites for hydroxylation is 1. The first-order valence-corrected chi connectivity index (χ1v) is 11.3. The van der Waals surface area contributed by atoms with Crippen LogP contribution >= 0.6 is 0 Å². The normalized spacial score (nSPS) is 26.6. The average Bonchev–Trinajstić information content (AvgIpc) is 3.01. The zero-order chi connectivity index (χ0) is 20.8. The number of morpholine rings is 1. The molecule has 1 aromatic carbocycles. The van der Waals surface area contributed by atoms with Gasteiger partial charge in [0.2, 0.25) is 0 Å². The molecule has 2 saturated heterocycles. The lowest BCUT2D eigenvalue weighted by Crippen LogP contribution is -2.48. The van der Waals surface area contributed by atoms with Gasteiger partial charge in [0.25, 0.3) is 0 Å². The molecule has 1 aliphatic carbocycles. The summed E-state index contributed by atoms with van der Waals surface area (Å²) in [7, 11) is 4.46. The molecule has 0 saturated carbocycles. The van der Waals surface area contributed by atoms with Crippen molar-refractivity contribution in [2.24, 2.45) is 13.0 Å². The molecule has 30 heavy (non-hydrogen) atoms. The van der Waals surface area contributed by atoms with Crippen molar-refractivity contribution in [3.8, 4) is 0 Å². The highest BCUT2D eigenvalue weighted by molar-refractivity contribution is 5.90. The molecule has 3 atom stereocenters. The Morgan fingerprint density at radius 3 is 2.83 bits per heavy atom. The lowest BCUT2D eigenvalue weighted by Gasteiger charge is -2.45. The highest BCUT2D eigenvalue weighted by Gasteiger charge is 2.40. The average molecular weight is 412 g/mol. The second-order valence-corrected chi connectivity index (χ2v) is 9.29. The minimum Gasteiger partial charge on any atom is -0.449 e. The van der Waals surface area contributed by atoms with E-state index < -0.39 is 0 Å². The third-order valence-electron chi connectivity index (χ3n) is 7.68. The minimum atomic E-state index is -0.188. The van der Waals surface area contributed by atoms with Crippen LogP contribution in [0.1, 0.15) is 35.6 Å². The Bertz CT molecular complexity index is 947. The maximum atomic E-state index is 12.3. The van der Waals surface area contributed by atoms with Crippen LogP contribution in [0.2, 0.25) is 0 Å². The molecule has 3 heterocycles. The van der Waals surface area contributed by atoms with Crippen LogP contribution < -0.4 is 0 Å². The predicted octanol–water partition coefficient (Wildman–Crippen LogP) is 3.31. The molecule has 6 nitrogen and oxygen atoms in total. The topological polar surface area (TPSA) is 46.9 Å². The summed E-state index contributed by atoms with van der Waals surface area (Å²) in [6, 6.07) is 7.38. The SMILES string of the molecule is Cc1c2c3c(cccc3n1C)C1C[C@@H](CCOC(=O)N3CCOCC3)CN(C)[C@@H]1C2. The lowest BCUT2D eigenvalue weighted by molar-refractivity contribution is 0.0232. The van der Waals surface area contributed by atoms with Gasteiger partial charge in [-0.05, 0) is 56.3 Å². The van der Waals surface area contributed by atoms with Gasteiger partial charge in [-0.1, -0.05) is 12.1 Å². The van der Waals surface area contributed by atoms with E-state index in [0.717, 1.165) is 19.4 Å². The van der Waals surface area contributed by atoms with E-state index >= 15 is 0 Å². The maximum absolute atomic E-state index is 12.3. The molecule has 1 aromatic heterocycles. The van der Waals surface area contributed by atoms with Crippen molar-refractivity contribution >= 4 is 17.0 Å². The van der Waals surface area contributed by atoms with Crippen LogP contribution in [0.15, 0.2) is 18.2 Å². The fourth-order valence-electron chi connectivity index (χ4n) is 5.93. The van der Waals surface area contributed by atoms with E-state index in [1.54, 1.807) is 4.90 Å². The molecule has 0 bridgehead atoms. The largest absolute Gasteiger partial charge is 0.449 e. The second kappa shape index (κ2) is 7.89. The zero-order valence-corrected chi connectivity index (χ0v) is 18.4. The Kier molecular flexibility index (Phi) is 5.23. The van der Waals surface area contributed by atoms with Gasteiger partial charge in [0.05, 0.1) is 19.8 Å². The van der Waals surface area contributed by atoms with Crippen molar-refractivity contribution in [1.29, 1.82) is 0 Å². The smallest absolute Gasteiger partial charge is 0.409 e. The minimum absolute atomic E-state index is 0.188. The van der Waals surface area contributed by atoms with Crippen LogP contribution in [0.5, 0.6) is 0 Å². The molecule has 162 valence electrons. The first-order valence-electron chi connectivity index (χ1n) is 11.3. The third kappa shape index (κ3) is 3.30. The Morgan fingerprint density at radius 2 is 2.03 bits per heavy atom. The van der Waals surface area contributed by atoms with Crippen molar-refractivity contribution in [1.82, 2.24) is 14.4 Å². The summed E-state index contributed by atoms with van der Waals surface area (Å²) in [6.45, 7) is 6.33. The Hall–Kier alpha value is -2.05. The molecule has 2 aliphatic heterocycles. The number of nitrogens with zero attached hydrogens (tertiary/aromatic N) is 3. The number of piperidine rings is 1. The summed E-state index contributed by atoms with van der Waals surface area (Å²) in [5.74, 6) is 1.11. The Balaban J connectivity index is 1.28. The number of fused-ring (bicyclic) bond motifs is 2. The highest BCUT2D eigenvalue weighted by atomic mass is 16.6. The van der Waals surface area contributed by atoms with Gasteiger partial charge in [0, 0.05) is 55.2 Å². The molecule has 5 rings (SSSR count). The van der Waals surface area contributed by atoms with E-state index in [-0.39, 0.29) is 6.09 Å². The maximum Gasteiger partial charge on any atom is 0.409 e. The molecule has 0 N–H and O–H groups in total. The molecular weight excluding hydrogens is 378 g/mol. The zero-order valence-electron chi connectivity index (χ0n) is 18.4. The molecule has 2 aromatic rings. The Morgan fingerprint density at radius 1 is 1.23 bits per heavy atom. The molecule has 6 heteroatoms. The first-order chi connectivity index (χ1) is 14.5. The van der Waals surface area contributed by atoms with E-state index in [1.165, 1.54) is 34.1 Å². The van der Waals surface area contributed by atoms with E-state index in [1.807, 2.05) is 0 Å². The monoisotopic (exact) mass is 411 g/mol. The Labute approximate surface area is 178 Å². The number of ether oxygens (including phenoxy) is 2. The highest BCUT2D eigenvalue weighted by Crippen LogP contribution is 2.46. The van der Waals surface area contributed by atoms with Crippen molar-refractivity contribution in [3.05, 3.63) is 35.0 Å². The van der Waals surface area contributed by atoms with E-state index in [0.29, 0.717) is 50.8 Å². The predicted molar refractivity (Wildman–Crippen MR) is 117 cm³/mol. The summed E-state index contributed by atoms with van der Waals surface area (Å²) in [5, 5.41) is 1.49. The van der Waals surface area contributed by atoms with Gasteiger partial charge >= 0.3 is 6.09 Å². The summed E-state index contributed by atoms with van der Waals surface area (Å²) < 4.78 is 13.3. The number of carbonyl (C=O) groups is 1. The quantitative estimate of drug-likeness (QED) is 0.778. The van der Waals surface area contributed by atoms with Gasteiger partial charge in [0.15, 0.2) is 0 Å². The fourth-order valence-corrected chi connectivity index (χ4v) is 5.93. The standard InChI is InChI=1S/C24H33N3O3/c1-16-19-14-22-20(18-5-4-6-21(23(18)19)26(16)3)13-17(15-25(22)2)7-10-30-24(28)27-8-11-29-12-9-27/h4-6,17,20,22H,7-15H2,1-3H3/t17-,20?,22-/m1/s1. The van der Waals surface area contributed by atoms with Crippen LogP contribution in [-0.2, 0) is 22.9 Å². The van der Waals surface area contributed by atoms with E-state index in [9.17, 15) is 4.79 Å². The summed E-state index contributed by atoms with van der Waals surface area (Å²) in [6.07, 6.45) is 3.06. The number of carbonyl (C=O) groups excluding carboxylic acids is 1. The van der Waals surface area contributed by atoms with Crippen LogP contribution in [0.25, 0.3) is 10.9 Å². The number of hydrogen-bond donors (Lipinski definition) is 0.